The lowest BCUT2D eigenvalue weighted by Gasteiger charge is -2.13. The van der Waals surface area contributed by atoms with Crippen LogP contribution in [0.1, 0.15) is 17.0 Å². The first-order chi connectivity index (χ1) is 14.5. The van der Waals surface area contributed by atoms with Crippen molar-refractivity contribution in [2.45, 2.75) is 13.2 Å². The number of nitrogens with two attached hydrogens (primary N) is 1. The Morgan fingerprint density at radius 3 is 2.53 bits per heavy atom. The molecule has 30 heavy (non-hydrogen) atoms. The number of aromatic nitrogens is 2. The summed E-state index contributed by atoms with van der Waals surface area (Å²) in [6.07, 6.45) is 9.63. The topological polar surface area (TPSA) is 173 Å². The lowest BCUT2D eigenvalue weighted by Crippen LogP contribution is -2.29. The molecule has 0 spiro atoms. The summed E-state index contributed by atoms with van der Waals surface area (Å²) in [5.74, 6) is -0.0575. The molecular weight excluding hydrogens is 392 g/mol. The summed E-state index contributed by atoms with van der Waals surface area (Å²) in [4.78, 5) is 29.0. The van der Waals surface area contributed by atoms with Crippen LogP contribution in [-0.4, -0.2) is 47.7 Å². The molecule has 2 aromatic rings. The van der Waals surface area contributed by atoms with Crippen molar-refractivity contribution < 1.29 is 24.2 Å². The van der Waals surface area contributed by atoms with Crippen LogP contribution >= 0.6 is 0 Å². The highest BCUT2D eigenvalue weighted by Crippen LogP contribution is 2.21. The highest BCUT2D eigenvalue weighted by Gasteiger charge is 2.16. The molecule has 2 aromatic heterocycles. The number of carbonyl (C=O) groups excluding carboxylic acids is 2. The third-order valence-electron chi connectivity index (χ3n) is 3.20. The highest BCUT2D eigenvalue weighted by molar-refractivity contribution is 5.99. The van der Waals surface area contributed by atoms with Gasteiger partial charge in [-0.2, -0.15) is 0 Å². The van der Waals surface area contributed by atoms with Crippen LogP contribution in [0, 0.1) is 18.3 Å². The standard InChI is InChI=1S/C15H18N6O3.C2H4O2.C2H2/c1-24-14(17)13-10(16)6-12(20-11(13)8-22)21-15(23)19-7-9-4-2-3-5-18-9;1-4-2-3;1-2/h2-6,17,22H,7-8H2,1H3,(H4,16,19,20,21,23);2H,1H3;1-2H. The number of carbonyl (C=O) groups is 2. The molecule has 0 aliphatic rings. The van der Waals surface area contributed by atoms with Crippen molar-refractivity contribution in [3.63, 3.8) is 0 Å². The molecule has 0 fully saturated rings. The number of hydrogen-bond donors (Lipinski definition) is 5. The number of urea groups is 1. The smallest absolute Gasteiger partial charge is 0.320 e. The van der Waals surface area contributed by atoms with Gasteiger partial charge in [0.2, 0.25) is 5.90 Å². The van der Waals surface area contributed by atoms with Gasteiger partial charge >= 0.3 is 6.03 Å². The Kier molecular flexibility index (Phi) is 12.8. The van der Waals surface area contributed by atoms with Crippen LogP contribution in [0.5, 0.6) is 0 Å². The van der Waals surface area contributed by atoms with Gasteiger partial charge in [0, 0.05) is 18.0 Å². The van der Waals surface area contributed by atoms with Gasteiger partial charge in [0.15, 0.2) is 0 Å². The van der Waals surface area contributed by atoms with E-state index in [0.717, 1.165) is 0 Å². The molecule has 0 atom stereocenters. The van der Waals surface area contributed by atoms with Gasteiger partial charge in [-0.05, 0) is 12.1 Å². The maximum absolute atomic E-state index is 11.9. The van der Waals surface area contributed by atoms with Gasteiger partial charge in [0.25, 0.3) is 6.47 Å². The summed E-state index contributed by atoms with van der Waals surface area (Å²) in [7, 11) is 2.63. The van der Waals surface area contributed by atoms with E-state index in [-0.39, 0.29) is 35.2 Å². The van der Waals surface area contributed by atoms with E-state index in [1.165, 1.54) is 20.3 Å². The minimum absolute atomic E-state index is 0.141. The lowest BCUT2D eigenvalue weighted by atomic mass is 10.1. The summed E-state index contributed by atoms with van der Waals surface area (Å²) in [5.41, 5.74) is 7.07. The van der Waals surface area contributed by atoms with Gasteiger partial charge in [-0.15, -0.1) is 12.8 Å². The molecule has 11 nitrogen and oxygen atoms in total. The average Bonchev–Trinajstić information content (AvgIpc) is 2.79. The van der Waals surface area contributed by atoms with Crippen molar-refractivity contribution >= 4 is 29.9 Å². The second-order valence-electron chi connectivity index (χ2n) is 5.07. The van der Waals surface area contributed by atoms with E-state index < -0.39 is 12.6 Å². The monoisotopic (exact) mass is 416 g/mol. The van der Waals surface area contributed by atoms with E-state index in [9.17, 15) is 9.90 Å². The van der Waals surface area contributed by atoms with Crippen molar-refractivity contribution in [3.05, 3.63) is 47.4 Å². The van der Waals surface area contributed by atoms with Gasteiger partial charge in [-0.25, -0.2) is 9.78 Å². The first kappa shape index (κ1) is 25.8. The van der Waals surface area contributed by atoms with Gasteiger partial charge in [-0.1, -0.05) is 6.07 Å². The SMILES string of the molecule is C#C.COC(=N)c1c(N)cc(NC(=O)NCc2ccccn2)nc1CO.COC=O. The number of rotatable bonds is 6. The van der Waals surface area contributed by atoms with Gasteiger partial charge in [-0.3, -0.25) is 20.5 Å². The molecule has 2 amide bonds. The molecule has 0 aromatic carbocycles. The van der Waals surface area contributed by atoms with Crippen LogP contribution in [0.4, 0.5) is 16.3 Å². The van der Waals surface area contributed by atoms with Gasteiger partial charge < -0.3 is 25.6 Å². The number of pyridine rings is 2. The Hall–Kier alpha value is -4.17. The van der Waals surface area contributed by atoms with E-state index >= 15 is 0 Å². The third-order valence-corrected chi connectivity index (χ3v) is 3.20. The summed E-state index contributed by atoms with van der Waals surface area (Å²) >= 11 is 0. The molecule has 2 rings (SSSR count). The fourth-order valence-corrected chi connectivity index (χ4v) is 2.00. The van der Waals surface area contributed by atoms with Gasteiger partial charge in [0.05, 0.1) is 44.3 Å². The highest BCUT2D eigenvalue weighted by atomic mass is 16.5. The maximum Gasteiger partial charge on any atom is 0.320 e. The Bertz CT molecular complexity index is 842. The molecule has 0 saturated heterocycles. The zero-order chi connectivity index (χ0) is 22.9. The molecule has 6 N–H and O–H groups in total. The molecule has 2 heterocycles. The van der Waals surface area contributed by atoms with Crippen molar-refractivity contribution in [3.8, 4) is 12.8 Å². The zero-order valence-corrected chi connectivity index (χ0v) is 16.6. The summed E-state index contributed by atoms with van der Waals surface area (Å²) < 4.78 is 8.67. The Labute approximate surface area is 174 Å². The second-order valence-corrected chi connectivity index (χ2v) is 5.07. The number of nitrogens with one attached hydrogen (secondary N) is 3. The fourth-order valence-electron chi connectivity index (χ4n) is 2.00. The number of amides is 2. The summed E-state index contributed by atoms with van der Waals surface area (Å²) in [5, 5.41) is 22.2. The molecule has 0 saturated carbocycles. The van der Waals surface area contributed by atoms with Crippen LogP contribution in [-0.2, 0) is 27.4 Å². The van der Waals surface area contributed by atoms with Crippen LogP contribution in [0.25, 0.3) is 0 Å². The van der Waals surface area contributed by atoms with E-state index in [4.69, 9.17) is 20.7 Å². The van der Waals surface area contributed by atoms with Crippen molar-refractivity contribution in [2.75, 3.05) is 25.3 Å². The number of aliphatic hydroxyl groups excluding tert-OH is 1. The maximum atomic E-state index is 11.9. The fraction of sp³-hybridized carbons (Fsp3) is 0.211. The molecule has 160 valence electrons. The number of terminal acetylenes is 1. The van der Waals surface area contributed by atoms with E-state index in [0.29, 0.717) is 12.2 Å². The number of ether oxygens (including phenoxy) is 2. The zero-order valence-electron chi connectivity index (χ0n) is 16.6. The normalized spacial score (nSPS) is 8.83. The van der Waals surface area contributed by atoms with Gasteiger partial charge in [0.1, 0.15) is 5.82 Å². The van der Waals surface area contributed by atoms with Crippen LogP contribution < -0.4 is 16.4 Å². The first-order valence-electron chi connectivity index (χ1n) is 8.24. The third kappa shape index (κ3) is 8.68. The van der Waals surface area contributed by atoms with Crippen molar-refractivity contribution in [2.24, 2.45) is 0 Å². The van der Waals surface area contributed by atoms with Crippen molar-refractivity contribution in [1.29, 1.82) is 5.41 Å². The summed E-state index contributed by atoms with van der Waals surface area (Å²) in [6, 6.07) is 6.28. The lowest BCUT2D eigenvalue weighted by molar-refractivity contribution is -0.126. The molecule has 0 aliphatic heterocycles. The quantitative estimate of drug-likeness (QED) is 0.200. The number of nitrogen functional groups attached to an aromatic ring is 1. The first-order valence-corrected chi connectivity index (χ1v) is 8.24. The molecule has 11 heteroatoms. The minimum Gasteiger partial charge on any atom is -0.481 e. The molecule has 0 unspecified atom stereocenters. The average molecular weight is 416 g/mol. The van der Waals surface area contributed by atoms with E-state index in [1.54, 1.807) is 18.3 Å². The predicted molar refractivity (Wildman–Crippen MR) is 111 cm³/mol. The molecule has 0 bridgehead atoms. The Morgan fingerprint density at radius 2 is 2.03 bits per heavy atom. The Morgan fingerprint density at radius 1 is 1.37 bits per heavy atom. The summed E-state index contributed by atoms with van der Waals surface area (Å²) in [6.45, 7) is 0.178. The van der Waals surface area contributed by atoms with E-state index in [2.05, 4.69) is 38.2 Å². The van der Waals surface area contributed by atoms with Crippen LogP contribution in [0.15, 0.2) is 30.5 Å². The van der Waals surface area contributed by atoms with Crippen LogP contribution in [0.2, 0.25) is 0 Å². The van der Waals surface area contributed by atoms with Crippen molar-refractivity contribution in [1.82, 2.24) is 15.3 Å². The minimum atomic E-state index is -0.494. The molecular formula is C19H24N6O5. The molecule has 0 aliphatic carbocycles. The number of methoxy groups -OCH3 is 2. The number of anilines is 2. The van der Waals surface area contributed by atoms with Crippen LogP contribution in [0.3, 0.4) is 0 Å². The number of hydrogen-bond acceptors (Lipinski definition) is 9. The predicted octanol–water partition coefficient (Wildman–Crippen LogP) is 0.883. The number of aliphatic hydroxyl groups is 1. The Balaban J connectivity index is 0.00000125. The van der Waals surface area contributed by atoms with E-state index in [1.807, 2.05) is 6.07 Å². The molecule has 0 radical (unpaired) electrons. The number of nitrogens with zero attached hydrogens (tertiary/aromatic N) is 2. The second kappa shape index (κ2) is 14.8. The largest absolute Gasteiger partial charge is 0.481 e.